The van der Waals surface area contributed by atoms with Gasteiger partial charge in [0.25, 0.3) is 0 Å². The summed E-state index contributed by atoms with van der Waals surface area (Å²) in [5.41, 5.74) is 2.17. The number of H-pyrrole nitrogens is 1. The molecule has 0 amide bonds. The van der Waals surface area contributed by atoms with Crippen molar-refractivity contribution in [1.29, 1.82) is 4.78 Å². The minimum Gasteiger partial charge on any atom is -0.475 e. The van der Waals surface area contributed by atoms with Crippen molar-refractivity contribution in [2.45, 2.75) is 50.5 Å². The number of anilines is 1. The number of nitrogens with zero attached hydrogens (tertiary/aromatic N) is 4. The van der Waals surface area contributed by atoms with E-state index in [1.54, 1.807) is 0 Å². The molecule has 2 atom stereocenters. The fourth-order valence-corrected chi connectivity index (χ4v) is 5.85. The van der Waals surface area contributed by atoms with Crippen molar-refractivity contribution in [3.63, 3.8) is 0 Å². The van der Waals surface area contributed by atoms with Gasteiger partial charge in [0.15, 0.2) is 5.82 Å². The first-order valence-corrected chi connectivity index (χ1v) is 13.3. The summed E-state index contributed by atoms with van der Waals surface area (Å²) in [5.74, 6) is 1.79. The number of nitrogens with one attached hydrogen (secondary N) is 2. The second-order valence-corrected chi connectivity index (χ2v) is 11.8. The Labute approximate surface area is 193 Å². The first-order chi connectivity index (χ1) is 15.7. The maximum Gasteiger partial charge on any atom is 0.216 e. The maximum atomic E-state index is 13.0. The summed E-state index contributed by atoms with van der Waals surface area (Å²) in [6.45, 7) is 7.97. The van der Waals surface area contributed by atoms with E-state index in [-0.39, 0.29) is 12.1 Å². The van der Waals surface area contributed by atoms with Gasteiger partial charge in [0.2, 0.25) is 5.88 Å². The molecule has 10 heteroatoms. The van der Waals surface area contributed by atoms with Gasteiger partial charge in [0.05, 0.1) is 45.5 Å². The van der Waals surface area contributed by atoms with E-state index >= 15 is 0 Å². The van der Waals surface area contributed by atoms with Crippen molar-refractivity contribution in [2.24, 2.45) is 0 Å². The van der Waals surface area contributed by atoms with E-state index in [0.29, 0.717) is 55.6 Å². The van der Waals surface area contributed by atoms with E-state index in [1.165, 1.54) is 6.26 Å². The van der Waals surface area contributed by atoms with E-state index < -0.39 is 14.5 Å². The quantitative estimate of drug-likeness (QED) is 0.564. The second-order valence-electron chi connectivity index (χ2n) is 9.30. The van der Waals surface area contributed by atoms with Crippen LogP contribution in [0.1, 0.15) is 39.3 Å². The molecule has 4 heterocycles. The Kier molecular flexibility index (Phi) is 5.32. The summed E-state index contributed by atoms with van der Waals surface area (Å²) in [6, 6.07) is 5.89. The van der Waals surface area contributed by atoms with Gasteiger partial charge in [-0.25, -0.2) is 14.2 Å². The number of hydrogen-bond donors (Lipinski definition) is 2. The van der Waals surface area contributed by atoms with Gasteiger partial charge in [0.1, 0.15) is 11.5 Å². The molecule has 1 aliphatic carbocycles. The monoisotopic (exact) mass is 470 g/mol. The van der Waals surface area contributed by atoms with Gasteiger partial charge in [-0.3, -0.25) is 4.78 Å². The van der Waals surface area contributed by atoms with Gasteiger partial charge in [-0.15, -0.1) is 0 Å². The third-order valence-electron chi connectivity index (χ3n) is 6.39. The van der Waals surface area contributed by atoms with Crippen LogP contribution in [0.4, 0.5) is 5.82 Å². The SMILES string of the molecule is CC(C)Oc1cc(-c2nc(N3CCOC[C@H]3C)cc(C3(S(C)(=N)=O)CC3)n2)c2cc[nH]c2n1. The molecule has 3 aromatic rings. The number of fused-ring (bicyclic) bond motifs is 1. The number of pyridine rings is 1. The van der Waals surface area contributed by atoms with Crippen LogP contribution in [0.2, 0.25) is 0 Å². The van der Waals surface area contributed by atoms with Gasteiger partial charge >= 0.3 is 0 Å². The molecule has 5 rings (SSSR count). The smallest absolute Gasteiger partial charge is 0.216 e. The first-order valence-electron chi connectivity index (χ1n) is 11.3. The summed E-state index contributed by atoms with van der Waals surface area (Å²) >= 11 is 0. The molecule has 176 valence electrons. The minimum atomic E-state index is -2.84. The van der Waals surface area contributed by atoms with Crippen LogP contribution < -0.4 is 9.64 Å². The predicted octanol–water partition coefficient (Wildman–Crippen LogP) is 3.70. The van der Waals surface area contributed by atoms with Crippen molar-refractivity contribution in [2.75, 3.05) is 30.9 Å². The highest BCUT2D eigenvalue weighted by molar-refractivity contribution is 7.92. The molecule has 1 saturated carbocycles. The highest BCUT2D eigenvalue weighted by atomic mass is 32.2. The number of ether oxygens (including phenoxy) is 2. The molecular weight excluding hydrogens is 440 g/mol. The first kappa shape index (κ1) is 22.1. The molecule has 0 spiro atoms. The lowest BCUT2D eigenvalue weighted by Gasteiger charge is -2.35. The van der Waals surface area contributed by atoms with E-state index in [2.05, 4.69) is 21.8 Å². The fourth-order valence-electron chi connectivity index (χ4n) is 4.46. The standard InChI is InChI=1S/C23H30N6O3S/c1-14(2)32-20-11-17(16-5-8-25-21(16)28-20)22-26-18(23(6-7-23)33(4,24)30)12-19(27-22)29-9-10-31-13-15(29)3/h5,8,11-12,14-15,24H,6-7,9-10,13H2,1-4H3,(H,25,28)/t15-,33?/m1/s1. The Morgan fingerprint density at radius 1 is 1.30 bits per heavy atom. The van der Waals surface area contributed by atoms with Gasteiger partial charge in [-0.1, -0.05) is 0 Å². The molecule has 1 unspecified atom stereocenters. The van der Waals surface area contributed by atoms with E-state index in [1.807, 2.05) is 38.2 Å². The Morgan fingerprint density at radius 2 is 2.09 bits per heavy atom. The van der Waals surface area contributed by atoms with E-state index in [0.717, 1.165) is 16.8 Å². The molecule has 0 radical (unpaired) electrons. The Bertz CT molecular complexity index is 1300. The van der Waals surface area contributed by atoms with Crippen LogP contribution in [0.3, 0.4) is 0 Å². The normalized spacial score (nSPS) is 21.8. The van der Waals surface area contributed by atoms with Crippen LogP contribution >= 0.6 is 0 Å². The average molecular weight is 471 g/mol. The molecule has 33 heavy (non-hydrogen) atoms. The molecule has 0 aromatic carbocycles. The van der Waals surface area contributed by atoms with Crippen LogP contribution in [-0.4, -0.2) is 62.3 Å². The fraction of sp³-hybridized carbons (Fsp3) is 0.522. The lowest BCUT2D eigenvalue weighted by atomic mass is 10.1. The highest BCUT2D eigenvalue weighted by Crippen LogP contribution is 2.52. The molecule has 9 nitrogen and oxygen atoms in total. The summed E-state index contributed by atoms with van der Waals surface area (Å²) in [7, 11) is -2.84. The molecule has 2 fully saturated rings. The number of rotatable bonds is 6. The van der Waals surface area contributed by atoms with Crippen LogP contribution in [0.25, 0.3) is 22.4 Å². The Balaban J connectivity index is 1.72. The van der Waals surface area contributed by atoms with Gasteiger partial charge in [-0.2, -0.15) is 4.98 Å². The zero-order valence-corrected chi connectivity index (χ0v) is 20.2. The summed E-state index contributed by atoms with van der Waals surface area (Å²) in [5, 5.41) is 0.886. The van der Waals surface area contributed by atoms with Crippen LogP contribution in [0.5, 0.6) is 5.88 Å². The van der Waals surface area contributed by atoms with Crippen LogP contribution in [0.15, 0.2) is 24.4 Å². The third-order valence-corrected chi connectivity index (χ3v) is 8.50. The molecular formula is C23H30N6O3S. The van der Waals surface area contributed by atoms with Crippen LogP contribution in [-0.2, 0) is 19.2 Å². The third kappa shape index (κ3) is 3.95. The molecule has 1 saturated heterocycles. The predicted molar refractivity (Wildman–Crippen MR) is 128 cm³/mol. The van der Waals surface area contributed by atoms with Crippen molar-refractivity contribution >= 4 is 26.6 Å². The summed E-state index contributed by atoms with van der Waals surface area (Å²) in [6.07, 6.45) is 4.71. The van der Waals surface area contributed by atoms with Crippen molar-refractivity contribution in [3.8, 4) is 17.3 Å². The van der Waals surface area contributed by atoms with Gasteiger partial charge in [-0.05, 0) is 39.7 Å². The van der Waals surface area contributed by atoms with Crippen LogP contribution in [0, 0.1) is 4.78 Å². The number of morpholine rings is 1. The van der Waals surface area contributed by atoms with Crippen molar-refractivity contribution < 1.29 is 13.7 Å². The molecule has 3 aromatic heterocycles. The Hall–Kier alpha value is -2.72. The van der Waals surface area contributed by atoms with E-state index in [4.69, 9.17) is 24.2 Å². The highest BCUT2D eigenvalue weighted by Gasteiger charge is 2.53. The molecule has 2 aliphatic rings. The van der Waals surface area contributed by atoms with Gasteiger partial charge in [0, 0.05) is 42.1 Å². The van der Waals surface area contributed by atoms with Crippen molar-refractivity contribution in [3.05, 3.63) is 30.1 Å². The molecule has 2 N–H and O–H groups in total. The number of aromatic amines is 1. The molecule has 0 bridgehead atoms. The Morgan fingerprint density at radius 3 is 2.76 bits per heavy atom. The number of aromatic nitrogens is 4. The summed E-state index contributed by atoms with van der Waals surface area (Å²) < 4.78 is 32.1. The van der Waals surface area contributed by atoms with Gasteiger partial charge < -0.3 is 19.4 Å². The average Bonchev–Trinajstić information content (AvgIpc) is 3.46. The summed E-state index contributed by atoms with van der Waals surface area (Å²) in [4.78, 5) is 19.8. The largest absolute Gasteiger partial charge is 0.475 e. The number of hydrogen-bond acceptors (Lipinski definition) is 8. The lowest BCUT2D eigenvalue weighted by molar-refractivity contribution is 0.0985. The minimum absolute atomic E-state index is 0.0300. The zero-order valence-electron chi connectivity index (χ0n) is 19.4. The van der Waals surface area contributed by atoms with Crippen molar-refractivity contribution in [1.82, 2.24) is 19.9 Å². The lowest BCUT2D eigenvalue weighted by Crippen LogP contribution is -2.44. The maximum absolute atomic E-state index is 13.0. The molecule has 1 aliphatic heterocycles. The topological polar surface area (TPSA) is 117 Å². The second kappa shape index (κ2) is 7.95. The van der Waals surface area contributed by atoms with E-state index in [9.17, 15) is 4.21 Å². The zero-order chi connectivity index (χ0) is 23.4.